The first kappa shape index (κ1) is 9.57. The largest absolute Gasteiger partial charge is 0.192 e. The highest BCUT2D eigenvalue weighted by atomic mass is 79.9. The zero-order valence-electron chi connectivity index (χ0n) is 6.56. The van der Waals surface area contributed by atoms with Crippen molar-refractivity contribution in [1.82, 2.24) is 0 Å². The fraction of sp³-hybridized carbons (Fsp3) is 0.222. The molecule has 0 saturated carbocycles. The summed E-state index contributed by atoms with van der Waals surface area (Å²) >= 11 is 9.18. The summed E-state index contributed by atoms with van der Waals surface area (Å²) in [7, 11) is 0. The molecule has 1 aromatic rings. The molecule has 0 heterocycles. The molecular weight excluding hydrogens is 237 g/mol. The predicted molar refractivity (Wildman–Crippen MR) is 53.5 cm³/mol. The number of nitrogens with zero attached hydrogens (tertiary/aromatic N) is 1. The van der Waals surface area contributed by atoms with Crippen LogP contribution >= 0.6 is 27.5 Å². The summed E-state index contributed by atoms with van der Waals surface area (Å²) in [6, 6.07) is 5.84. The maximum atomic E-state index is 8.77. The molecule has 0 unspecified atom stereocenters. The standard InChI is InChI=1S/C9H7BrClN/c1-6-2-7(4-10)8(5-12)9(11)3-6/h2-3H,4H2,1H3. The summed E-state index contributed by atoms with van der Waals surface area (Å²) < 4.78 is 0. The smallest absolute Gasteiger partial charge is 0.101 e. The third-order valence-corrected chi connectivity index (χ3v) is 2.47. The van der Waals surface area contributed by atoms with Crippen molar-refractivity contribution < 1.29 is 0 Å². The summed E-state index contributed by atoms with van der Waals surface area (Å²) in [6.45, 7) is 1.96. The second kappa shape index (κ2) is 3.93. The molecule has 0 saturated heterocycles. The first-order chi connectivity index (χ1) is 5.69. The van der Waals surface area contributed by atoms with Crippen molar-refractivity contribution in [2.45, 2.75) is 12.3 Å². The van der Waals surface area contributed by atoms with Crippen molar-refractivity contribution in [2.24, 2.45) is 0 Å². The lowest BCUT2D eigenvalue weighted by Gasteiger charge is -2.03. The Labute approximate surface area is 85.1 Å². The molecule has 1 nitrogen and oxygen atoms in total. The van der Waals surface area contributed by atoms with Crippen molar-refractivity contribution >= 4 is 27.5 Å². The fourth-order valence-electron chi connectivity index (χ4n) is 1.04. The Kier molecular flexibility index (Phi) is 3.13. The van der Waals surface area contributed by atoms with Gasteiger partial charge in [-0.05, 0) is 24.1 Å². The van der Waals surface area contributed by atoms with Crippen LogP contribution in [-0.2, 0) is 5.33 Å². The van der Waals surface area contributed by atoms with E-state index in [2.05, 4.69) is 22.0 Å². The van der Waals surface area contributed by atoms with E-state index >= 15 is 0 Å². The van der Waals surface area contributed by atoms with E-state index in [1.807, 2.05) is 13.0 Å². The van der Waals surface area contributed by atoms with Gasteiger partial charge in [-0.3, -0.25) is 0 Å². The van der Waals surface area contributed by atoms with Crippen molar-refractivity contribution in [3.63, 3.8) is 0 Å². The summed E-state index contributed by atoms with van der Waals surface area (Å²) in [6.07, 6.45) is 0. The van der Waals surface area contributed by atoms with Crippen molar-refractivity contribution in [2.75, 3.05) is 0 Å². The second-order valence-electron chi connectivity index (χ2n) is 2.53. The molecule has 1 aromatic carbocycles. The molecule has 0 aromatic heterocycles. The first-order valence-electron chi connectivity index (χ1n) is 3.44. The Morgan fingerprint density at radius 2 is 2.25 bits per heavy atom. The van der Waals surface area contributed by atoms with Crippen LogP contribution in [0.2, 0.25) is 5.02 Å². The molecule has 0 atom stereocenters. The van der Waals surface area contributed by atoms with Gasteiger partial charge in [-0.25, -0.2) is 0 Å². The highest BCUT2D eigenvalue weighted by Crippen LogP contribution is 2.23. The van der Waals surface area contributed by atoms with E-state index in [9.17, 15) is 0 Å². The lowest BCUT2D eigenvalue weighted by Crippen LogP contribution is -1.88. The zero-order valence-corrected chi connectivity index (χ0v) is 8.91. The molecule has 0 radical (unpaired) electrons. The summed E-state index contributed by atoms with van der Waals surface area (Å²) in [5.41, 5.74) is 2.59. The topological polar surface area (TPSA) is 23.8 Å². The Morgan fingerprint density at radius 1 is 1.58 bits per heavy atom. The van der Waals surface area contributed by atoms with Crippen LogP contribution in [0.4, 0.5) is 0 Å². The molecule has 0 aliphatic heterocycles. The van der Waals surface area contributed by atoms with Gasteiger partial charge in [0, 0.05) is 5.33 Å². The van der Waals surface area contributed by atoms with Crippen LogP contribution in [0.15, 0.2) is 12.1 Å². The van der Waals surface area contributed by atoms with Crippen molar-refractivity contribution in [3.05, 3.63) is 33.8 Å². The van der Waals surface area contributed by atoms with E-state index in [0.717, 1.165) is 11.1 Å². The Morgan fingerprint density at radius 3 is 2.75 bits per heavy atom. The minimum absolute atomic E-state index is 0.534. The van der Waals surface area contributed by atoms with E-state index in [1.54, 1.807) is 6.07 Å². The van der Waals surface area contributed by atoms with Gasteiger partial charge in [0.05, 0.1) is 10.6 Å². The third-order valence-electron chi connectivity index (χ3n) is 1.57. The molecule has 62 valence electrons. The molecule has 0 aliphatic rings. The van der Waals surface area contributed by atoms with Crippen molar-refractivity contribution in [3.8, 4) is 6.07 Å². The second-order valence-corrected chi connectivity index (χ2v) is 3.49. The van der Waals surface area contributed by atoms with Gasteiger partial charge in [-0.1, -0.05) is 33.6 Å². The summed E-state index contributed by atoms with van der Waals surface area (Å²) in [5.74, 6) is 0. The van der Waals surface area contributed by atoms with Gasteiger partial charge in [0.25, 0.3) is 0 Å². The summed E-state index contributed by atoms with van der Waals surface area (Å²) in [4.78, 5) is 0. The third kappa shape index (κ3) is 1.80. The molecular formula is C9H7BrClN. The molecule has 0 fully saturated rings. The Balaban J connectivity index is 3.36. The molecule has 0 amide bonds. The molecule has 0 N–H and O–H groups in total. The van der Waals surface area contributed by atoms with Gasteiger partial charge in [0.1, 0.15) is 6.07 Å². The van der Waals surface area contributed by atoms with Crippen LogP contribution in [0.25, 0.3) is 0 Å². The van der Waals surface area contributed by atoms with Crippen LogP contribution in [0.5, 0.6) is 0 Å². The minimum Gasteiger partial charge on any atom is -0.192 e. The average molecular weight is 245 g/mol. The highest BCUT2D eigenvalue weighted by molar-refractivity contribution is 9.08. The van der Waals surface area contributed by atoms with E-state index in [4.69, 9.17) is 16.9 Å². The average Bonchev–Trinajstić information content (AvgIpc) is 2.03. The quantitative estimate of drug-likeness (QED) is 0.695. The van der Waals surface area contributed by atoms with Gasteiger partial charge >= 0.3 is 0 Å². The van der Waals surface area contributed by atoms with E-state index in [-0.39, 0.29) is 0 Å². The predicted octanol–water partition coefficient (Wildman–Crippen LogP) is 3.42. The number of rotatable bonds is 1. The lowest BCUT2D eigenvalue weighted by molar-refractivity contribution is 1.33. The maximum absolute atomic E-state index is 8.77. The number of aryl methyl sites for hydroxylation is 1. The number of hydrogen-bond donors (Lipinski definition) is 0. The number of alkyl halides is 1. The maximum Gasteiger partial charge on any atom is 0.101 e. The Hall–Kier alpha value is -0.520. The number of halogens is 2. The first-order valence-corrected chi connectivity index (χ1v) is 4.94. The van der Waals surface area contributed by atoms with Gasteiger partial charge in [-0.15, -0.1) is 0 Å². The monoisotopic (exact) mass is 243 g/mol. The SMILES string of the molecule is Cc1cc(Cl)c(C#N)c(CBr)c1. The minimum atomic E-state index is 0.534. The van der Waals surface area contributed by atoms with Gasteiger partial charge < -0.3 is 0 Å². The number of hydrogen-bond acceptors (Lipinski definition) is 1. The number of benzene rings is 1. The molecule has 12 heavy (non-hydrogen) atoms. The van der Waals surface area contributed by atoms with Gasteiger partial charge in [0.2, 0.25) is 0 Å². The van der Waals surface area contributed by atoms with E-state index in [1.165, 1.54) is 0 Å². The van der Waals surface area contributed by atoms with Crippen molar-refractivity contribution in [1.29, 1.82) is 5.26 Å². The molecule has 0 bridgehead atoms. The van der Waals surface area contributed by atoms with E-state index < -0.39 is 0 Å². The normalized spacial score (nSPS) is 9.50. The Bertz CT molecular complexity index is 341. The van der Waals surface area contributed by atoms with Crippen LogP contribution < -0.4 is 0 Å². The van der Waals surface area contributed by atoms with Crippen LogP contribution in [0, 0.1) is 18.3 Å². The fourth-order valence-corrected chi connectivity index (χ4v) is 1.82. The van der Waals surface area contributed by atoms with Crippen LogP contribution in [0.1, 0.15) is 16.7 Å². The molecule has 3 heteroatoms. The van der Waals surface area contributed by atoms with Gasteiger partial charge in [-0.2, -0.15) is 5.26 Å². The van der Waals surface area contributed by atoms with E-state index in [0.29, 0.717) is 15.9 Å². The lowest BCUT2D eigenvalue weighted by atomic mass is 10.1. The van der Waals surface area contributed by atoms with Crippen LogP contribution in [-0.4, -0.2) is 0 Å². The number of nitriles is 1. The molecule has 0 spiro atoms. The van der Waals surface area contributed by atoms with Crippen LogP contribution in [0.3, 0.4) is 0 Å². The molecule has 1 rings (SSSR count). The summed E-state index contributed by atoms with van der Waals surface area (Å²) in [5, 5.41) is 9.96. The zero-order chi connectivity index (χ0) is 9.14. The van der Waals surface area contributed by atoms with Gasteiger partial charge in [0.15, 0.2) is 0 Å². The molecule has 0 aliphatic carbocycles. The highest BCUT2D eigenvalue weighted by Gasteiger charge is 2.05.